The molecule has 38 valence electrons. The molecule has 0 spiro atoms. The van der Waals surface area contributed by atoms with Crippen LogP contribution in [-0.2, 0) is 0 Å². The highest BCUT2D eigenvalue weighted by Crippen LogP contribution is 1.64. The van der Waals surface area contributed by atoms with E-state index in [1.807, 2.05) is 7.05 Å². The van der Waals surface area contributed by atoms with Gasteiger partial charge in [-0.15, -0.1) is 11.6 Å². The zero-order valence-corrected chi connectivity index (χ0v) is 4.55. The lowest BCUT2D eigenvalue weighted by molar-refractivity contribution is 0.626. The van der Waals surface area contributed by atoms with Crippen LogP contribution >= 0.6 is 11.6 Å². The summed E-state index contributed by atoms with van der Waals surface area (Å²) in [5.41, 5.74) is 5.55. The van der Waals surface area contributed by atoms with Crippen molar-refractivity contribution in [3.05, 3.63) is 0 Å². The first-order chi connectivity index (χ1) is 2.91. The van der Waals surface area contributed by atoms with E-state index in [4.69, 9.17) is 11.6 Å². The number of rotatable bonds is 3. The summed E-state index contributed by atoms with van der Waals surface area (Å²) in [5, 5.41) is 0. The number of hydrogen-bond donors (Lipinski definition) is 2. The minimum Gasteiger partial charge on any atom is -0.261 e. The molecule has 0 aromatic heterocycles. The Balaban J connectivity index is 2.34. The molecule has 3 heteroatoms. The Kier molecular flexibility index (Phi) is 5.39. The molecule has 0 aliphatic rings. The average molecular weight is 109 g/mol. The number of halogens is 1. The van der Waals surface area contributed by atoms with E-state index in [0.717, 1.165) is 6.54 Å². The first kappa shape index (κ1) is 6.21. The van der Waals surface area contributed by atoms with Gasteiger partial charge in [0.2, 0.25) is 0 Å². The van der Waals surface area contributed by atoms with Crippen molar-refractivity contribution in [2.45, 2.75) is 0 Å². The minimum atomic E-state index is 0.654. The van der Waals surface area contributed by atoms with Crippen LogP contribution in [0.15, 0.2) is 0 Å². The summed E-state index contributed by atoms with van der Waals surface area (Å²) >= 11 is 5.28. The van der Waals surface area contributed by atoms with Crippen molar-refractivity contribution in [1.82, 2.24) is 10.9 Å². The monoisotopic (exact) mass is 108 g/mol. The van der Waals surface area contributed by atoms with Gasteiger partial charge in [-0.25, -0.2) is 0 Å². The third kappa shape index (κ3) is 4.21. The summed E-state index contributed by atoms with van der Waals surface area (Å²) in [5.74, 6) is 0.654. The Morgan fingerprint density at radius 2 is 2.33 bits per heavy atom. The first-order valence-corrected chi connectivity index (χ1v) is 2.41. The molecule has 0 rings (SSSR count). The molecular weight excluding hydrogens is 99.5 g/mol. The SMILES string of the molecule is CNNCCCl. The highest BCUT2D eigenvalue weighted by atomic mass is 35.5. The first-order valence-electron chi connectivity index (χ1n) is 1.87. The molecule has 6 heavy (non-hydrogen) atoms. The van der Waals surface area contributed by atoms with Crippen molar-refractivity contribution in [3.63, 3.8) is 0 Å². The number of nitrogens with one attached hydrogen (secondary N) is 2. The molecule has 0 saturated heterocycles. The average Bonchev–Trinajstić information content (AvgIpc) is 1.61. The zero-order valence-electron chi connectivity index (χ0n) is 3.79. The molecule has 0 saturated carbocycles. The van der Waals surface area contributed by atoms with Crippen LogP contribution in [0.3, 0.4) is 0 Å². The number of hydrazine groups is 1. The van der Waals surface area contributed by atoms with Crippen molar-refractivity contribution in [2.24, 2.45) is 0 Å². The van der Waals surface area contributed by atoms with Crippen LogP contribution in [0.25, 0.3) is 0 Å². The maximum atomic E-state index is 5.28. The third-order valence-electron chi connectivity index (χ3n) is 0.396. The van der Waals surface area contributed by atoms with Gasteiger partial charge in [0.05, 0.1) is 0 Å². The predicted octanol–water partition coefficient (Wildman–Crippen LogP) is -0.0508. The second kappa shape index (κ2) is 5.21. The van der Waals surface area contributed by atoms with Crippen molar-refractivity contribution < 1.29 is 0 Å². The van der Waals surface area contributed by atoms with E-state index in [9.17, 15) is 0 Å². The van der Waals surface area contributed by atoms with Crippen LogP contribution in [0, 0.1) is 0 Å². The molecule has 2 nitrogen and oxygen atoms in total. The quantitative estimate of drug-likeness (QED) is 0.301. The normalized spacial score (nSPS) is 9.00. The fraction of sp³-hybridized carbons (Fsp3) is 1.00. The lowest BCUT2D eigenvalue weighted by Crippen LogP contribution is -2.28. The molecule has 0 amide bonds. The Bertz CT molecular complexity index is 20.8. The molecule has 0 bridgehead atoms. The van der Waals surface area contributed by atoms with Crippen LogP contribution in [-0.4, -0.2) is 19.5 Å². The van der Waals surface area contributed by atoms with Crippen LogP contribution in [0.2, 0.25) is 0 Å². The molecule has 0 aliphatic heterocycles. The van der Waals surface area contributed by atoms with Gasteiger partial charge in [0.15, 0.2) is 0 Å². The molecule has 0 aromatic rings. The van der Waals surface area contributed by atoms with Crippen molar-refractivity contribution in [3.8, 4) is 0 Å². The zero-order chi connectivity index (χ0) is 4.83. The summed E-state index contributed by atoms with van der Waals surface area (Å²) in [7, 11) is 1.81. The van der Waals surface area contributed by atoms with Crippen LogP contribution in [0.4, 0.5) is 0 Å². The smallest absolute Gasteiger partial charge is 0.0362 e. The summed E-state index contributed by atoms with van der Waals surface area (Å²) in [6, 6.07) is 0. The Hall–Kier alpha value is 0.210. The fourth-order valence-electron chi connectivity index (χ4n) is 0.172. The maximum absolute atomic E-state index is 5.28. The number of alkyl halides is 1. The van der Waals surface area contributed by atoms with E-state index in [1.54, 1.807) is 0 Å². The van der Waals surface area contributed by atoms with E-state index in [2.05, 4.69) is 10.9 Å². The highest BCUT2D eigenvalue weighted by molar-refractivity contribution is 6.18. The summed E-state index contributed by atoms with van der Waals surface area (Å²) < 4.78 is 0. The predicted molar refractivity (Wildman–Crippen MR) is 27.8 cm³/mol. The van der Waals surface area contributed by atoms with Gasteiger partial charge in [0, 0.05) is 12.4 Å². The second-order valence-electron chi connectivity index (χ2n) is 0.866. The van der Waals surface area contributed by atoms with Gasteiger partial charge >= 0.3 is 0 Å². The largest absolute Gasteiger partial charge is 0.261 e. The molecule has 0 unspecified atom stereocenters. The molecule has 0 heterocycles. The van der Waals surface area contributed by atoms with Crippen molar-refractivity contribution >= 4 is 11.6 Å². The van der Waals surface area contributed by atoms with Gasteiger partial charge in [0.25, 0.3) is 0 Å². The van der Waals surface area contributed by atoms with Gasteiger partial charge in [-0.1, -0.05) is 0 Å². The van der Waals surface area contributed by atoms with E-state index in [1.165, 1.54) is 0 Å². The lowest BCUT2D eigenvalue weighted by Gasteiger charge is -1.93. The maximum Gasteiger partial charge on any atom is 0.0362 e. The van der Waals surface area contributed by atoms with E-state index in [-0.39, 0.29) is 0 Å². The second-order valence-corrected chi connectivity index (χ2v) is 1.24. The molecule has 0 fully saturated rings. The highest BCUT2D eigenvalue weighted by Gasteiger charge is 1.71. The van der Waals surface area contributed by atoms with Crippen LogP contribution in [0.1, 0.15) is 0 Å². The van der Waals surface area contributed by atoms with Crippen LogP contribution < -0.4 is 10.9 Å². The molecular formula is C3H9ClN2. The van der Waals surface area contributed by atoms with E-state index >= 15 is 0 Å². The lowest BCUT2D eigenvalue weighted by atomic mass is 10.8. The topological polar surface area (TPSA) is 24.1 Å². The molecule has 0 aromatic carbocycles. The van der Waals surface area contributed by atoms with Gasteiger partial charge in [0.1, 0.15) is 0 Å². The third-order valence-corrected chi connectivity index (χ3v) is 0.585. The van der Waals surface area contributed by atoms with Gasteiger partial charge in [-0.2, -0.15) is 0 Å². The molecule has 2 N–H and O–H groups in total. The summed E-state index contributed by atoms with van der Waals surface area (Å²) in [4.78, 5) is 0. The van der Waals surface area contributed by atoms with Crippen molar-refractivity contribution in [2.75, 3.05) is 19.5 Å². The van der Waals surface area contributed by atoms with Crippen molar-refractivity contribution in [1.29, 1.82) is 0 Å². The van der Waals surface area contributed by atoms with E-state index in [0.29, 0.717) is 5.88 Å². The van der Waals surface area contributed by atoms with Gasteiger partial charge in [-0.3, -0.25) is 10.9 Å². The fourth-order valence-corrected chi connectivity index (χ4v) is 0.267. The van der Waals surface area contributed by atoms with Gasteiger partial charge < -0.3 is 0 Å². The molecule has 0 radical (unpaired) electrons. The number of hydrogen-bond acceptors (Lipinski definition) is 2. The Morgan fingerprint density at radius 1 is 1.67 bits per heavy atom. The van der Waals surface area contributed by atoms with E-state index < -0.39 is 0 Å². The molecule has 0 atom stereocenters. The van der Waals surface area contributed by atoms with Gasteiger partial charge in [-0.05, 0) is 7.05 Å². The Morgan fingerprint density at radius 3 is 2.50 bits per heavy atom. The standard InChI is InChI=1S/C3H9ClN2/c1-5-6-3-2-4/h5-6H,2-3H2,1H3. The Labute approximate surface area is 42.8 Å². The minimum absolute atomic E-state index is 0.654. The summed E-state index contributed by atoms with van der Waals surface area (Å²) in [6.45, 7) is 0.818. The molecule has 0 aliphatic carbocycles. The van der Waals surface area contributed by atoms with Crippen LogP contribution in [0.5, 0.6) is 0 Å². The summed E-state index contributed by atoms with van der Waals surface area (Å²) in [6.07, 6.45) is 0.